The molecule has 4 atom stereocenters. The monoisotopic (exact) mass is 250 g/mol. The maximum Gasteiger partial charge on any atom is 0.242 e. The highest BCUT2D eigenvalue weighted by molar-refractivity contribution is 7.14. The topological polar surface area (TPSA) is 59.5 Å². The lowest BCUT2D eigenvalue weighted by atomic mass is 9.81. The number of rotatable bonds is 1. The van der Waals surface area contributed by atoms with Gasteiger partial charge in [-0.25, -0.2) is 9.88 Å². The van der Waals surface area contributed by atoms with E-state index in [0.717, 1.165) is 12.8 Å². The first-order valence-corrected chi connectivity index (χ1v) is 6.58. The van der Waals surface area contributed by atoms with Gasteiger partial charge in [0.15, 0.2) is 5.13 Å². The highest BCUT2D eigenvalue weighted by atomic mass is 32.1. The van der Waals surface area contributed by atoms with Gasteiger partial charge in [-0.3, -0.25) is 9.59 Å². The summed E-state index contributed by atoms with van der Waals surface area (Å²) in [4.78, 5) is 29.9. The number of nitrogens with zero attached hydrogens (tertiary/aromatic N) is 2. The minimum Gasteiger partial charge on any atom is -0.373 e. The van der Waals surface area contributed by atoms with Gasteiger partial charge in [0, 0.05) is 11.6 Å². The summed E-state index contributed by atoms with van der Waals surface area (Å²) in [5.41, 5.74) is 0. The van der Waals surface area contributed by atoms with Crippen LogP contribution in [0, 0.1) is 11.8 Å². The Morgan fingerprint density at radius 2 is 1.88 bits per heavy atom. The summed E-state index contributed by atoms with van der Waals surface area (Å²) in [6.07, 6.45) is 3.31. The molecule has 0 radical (unpaired) electrons. The van der Waals surface area contributed by atoms with Gasteiger partial charge in [-0.2, -0.15) is 0 Å². The van der Waals surface area contributed by atoms with Crippen molar-refractivity contribution in [1.29, 1.82) is 0 Å². The van der Waals surface area contributed by atoms with Crippen LogP contribution in [0.1, 0.15) is 12.8 Å². The fraction of sp³-hybridized carbons (Fsp3) is 0.545. The quantitative estimate of drug-likeness (QED) is 0.692. The number of anilines is 1. The predicted octanol–water partition coefficient (Wildman–Crippen LogP) is 0.810. The Morgan fingerprint density at radius 1 is 1.24 bits per heavy atom. The molecule has 88 valence electrons. The summed E-state index contributed by atoms with van der Waals surface area (Å²) in [5, 5.41) is 2.27. The van der Waals surface area contributed by atoms with Gasteiger partial charge >= 0.3 is 0 Å². The fourth-order valence-corrected chi connectivity index (χ4v) is 3.88. The molecule has 0 aromatic carbocycles. The average Bonchev–Trinajstić information content (AvgIpc) is 3.03. The third-order valence-corrected chi connectivity index (χ3v) is 4.65. The molecule has 3 saturated heterocycles. The van der Waals surface area contributed by atoms with Crippen molar-refractivity contribution in [3.8, 4) is 0 Å². The van der Waals surface area contributed by atoms with Crippen LogP contribution in [0.5, 0.6) is 0 Å². The molecule has 4 rings (SSSR count). The van der Waals surface area contributed by atoms with Gasteiger partial charge in [0.1, 0.15) is 0 Å². The molecular formula is C11H10N2O3S. The summed E-state index contributed by atoms with van der Waals surface area (Å²) in [6.45, 7) is 0. The van der Waals surface area contributed by atoms with E-state index in [0.29, 0.717) is 5.13 Å². The van der Waals surface area contributed by atoms with Crippen LogP contribution in [-0.2, 0) is 14.3 Å². The zero-order chi connectivity index (χ0) is 11.6. The molecule has 1 aromatic heterocycles. The van der Waals surface area contributed by atoms with E-state index in [-0.39, 0.29) is 35.9 Å². The van der Waals surface area contributed by atoms with Gasteiger partial charge in [-0.1, -0.05) is 0 Å². The standard InChI is InChI=1S/C11H10N2O3S/c14-9-7-5-1-2-6(16-5)8(7)10(15)13(9)11-12-3-4-17-11/h3-8H,1-2H2/t5-,6-,7-,8-/m0/s1. The first-order valence-electron chi connectivity index (χ1n) is 5.70. The van der Waals surface area contributed by atoms with E-state index in [1.165, 1.54) is 16.2 Å². The van der Waals surface area contributed by atoms with Crippen molar-refractivity contribution in [3.05, 3.63) is 11.6 Å². The minimum absolute atomic E-state index is 0.0496. The second kappa shape index (κ2) is 3.14. The molecule has 0 saturated carbocycles. The molecule has 4 heterocycles. The average molecular weight is 250 g/mol. The summed E-state index contributed by atoms with van der Waals surface area (Å²) in [5.74, 6) is -0.764. The molecule has 0 unspecified atom stereocenters. The Balaban J connectivity index is 1.77. The third-order valence-electron chi connectivity index (χ3n) is 3.89. The highest BCUT2D eigenvalue weighted by Crippen LogP contribution is 2.49. The van der Waals surface area contributed by atoms with E-state index in [2.05, 4.69) is 4.98 Å². The van der Waals surface area contributed by atoms with Gasteiger partial charge in [0.25, 0.3) is 0 Å². The van der Waals surface area contributed by atoms with E-state index in [1.807, 2.05) is 0 Å². The number of carbonyl (C=O) groups excluding carboxylic acids is 2. The molecule has 3 aliphatic heterocycles. The van der Waals surface area contributed by atoms with Crippen molar-refractivity contribution in [2.24, 2.45) is 11.8 Å². The Labute approximate surface area is 101 Å². The molecule has 3 fully saturated rings. The maximum absolute atomic E-state index is 12.3. The molecule has 6 heteroatoms. The van der Waals surface area contributed by atoms with Gasteiger partial charge in [0.2, 0.25) is 11.8 Å². The number of fused-ring (bicyclic) bond motifs is 5. The Bertz CT molecular complexity index is 473. The number of hydrogen-bond donors (Lipinski definition) is 0. The predicted molar refractivity (Wildman–Crippen MR) is 59.5 cm³/mol. The molecule has 17 heavy (non-hydrogen) atoms. The van der Waals surface area contributed by atoms with Crippen molar-refractivity contribution < 1.29 is 14.3 Å². The van der Waals surface area contributed by atoms with Gasteiger partial charge < -0.3 is 4.74 Å². The molecular weight excluding hydrogens is 240 g/mol. The number of hydrogen-bond acceptors (Lipinski definition) is 5. The highest BCUT2D eigenvalue weighted by Gasteiger charge is 2.63. The number of carbonyl (C=O) groups is 2. The van der Waals surface area contributed by atoms with E-state index in [4.69, 9.17) is 4.74 Å². The number of amides is 2. The molecule has 5 nitrogen and oxygen atoms in total. The van der Waals surface area contributed by atoms with Crippen LogP contribution in [0.2, 0.25) is 0 Å². The van der Waals surface area contributed by atoms with Crippen LogP contribution in [0.15, 0.2) is 11.6 Å². The number of thiazole rings is 1. The van der Waals surface area contributed by atoms with E-state index in [9.17, 15) is 9.59 Å². The van der Waals surface area contributed by atoms with Crippen molar-refractivity contribution in [2.45, 2.75) is 25.0 Å². The maximum atomic E-state index is 12.3. The van der Waals surface area contributed by atoms with Crippen LogP contribution in [0.25, 0.3) is 0 Å². The number of ether oxygens (including phenoxy) is 1. The SMILES string of the molecule is O=C1[C@@H]2[C@@H](C(=O)N1c1nccs1)[C@@H]1CC[C@@H]2O1. The zero-order valence-electron chi connectivity index (χ0n) is 8.91. The number of imide groups is 1. The first-order chi connectivity index (χ1) is 8.27. The van der Waals surface area contributed by atoms with E-state index in [1.54, 1.807) is 11.6 Å². The van der Waals surface area contributed by atoms with Gasteiger partial charge in [-0.15, -0.1) is 11.3 Å². The lowest BCUT2D eigenvalue weighted by Gasteiger charge is -2.14. The molecule has 0 N–H and O–H groups in total. The lowest BCUT2D eigenvalue weighted by molar-refractivity contribution is -0.124. The van der Waals surface area contributed by atoms with Gasteiger partial charge in [0.05, 0.1) is 24.0 Å². The van der Waals surface area contributed by atoms with Gasteiger partial charge in [-0.05, 0) is 12.8 Å². The molecule has 0 aliphatic carbocycles. The lowest BCUT2D eigenvalue weighted by Crippen LogP contribution is -2.34. The third kappa shape index (κ3) is 1.09. The number of aromatic nitrogens is 1. The summed E-state index contributed by atoms with van der Waals surface area (Å²) in [7, 11) is 0. The Kier molecular flexibility index (Phi) is 1.80. The molecule has 2 bridgehead atoms. The van der Waals surface area contributed by atoms with Crippen molar-refractivity contribution in [3.63, 3.8) is 0 Å². The minimum atomic E-state index is -0.259. The van der Waals surface area contributed by atoms with Crippen LogP contribution < -0.4 is 4.90 Å². The van der Waals surface area contributed by atoms with E-state index >= 15 is 0 Å². The zero-order valence-corrected chi connectivity index (χ0v) is 9.72. The summed E-state index contributed by atoms with van der Waals surface area (Å²) < 4.78 is 5.66. The second-order valence-electron chi connectivity index (χ2n) is 4.67. The fourth-order valence-electron chi connectivity index (χ4n) is 3.23. The molecule has 3 aliphatic rings. The van der Waals surface area contributed by atoms with Crippen LogP contribution in [0.4, 0.5) is 5.13 Å². The van der Waals surface area contributed by atoms with Crippen molar-refractivity contribution in [2.75, 3.05) is 4.90 Å². The van der Waals surface area contributed by atoms with Crippen LogP contribution in [-0.4, -0.2) is 29.0 Å². The normalized spacial score (nSPS) is 39.2. The summed E-state index contributed by atoms with van der Waals surface area (Å²) >= 11 is 1.32. The Morgan fingerprint density at radius 3 is 2.41 bits per heavy atom. The van der Waals surface area contributed by atoms with Crippen LogP contribution >= 0.6 is 11.3 Å². The largest absolute Gasteiger partial charge is 0.373 e. The summed E-state index contributed by atoms with van der Waals surface area (Å²) in [6, 6.07) is 0. The van der Waals surface area contributed by atoms with Crippen molar-refractivity contribution in [1.82, 2.24) is 4.98 Å². The first kappa shape index (κ1) is 9.73. The smallest absolute Gasteiger partial charge is 0.242 e. The molecule has 0 spiro atoms. The van der Waals surface area contributed by atoms with Crippen molar-refractivity contribution >= 4 is 28.3 Å². The van der Waals surface area contributed by atoms with Crippen LogP contribution in [0.3, 0.4) is 0 Å². The van der Waals surface area contributed by atoms with E-state index < -0.39 is 0 Å². The Hall–Kier alpha value is -1.27. The molecule has 2 amide bonds. The molecule has 1 aromatic rings. The second-order valence-corrected chi connectivity index (χ2v) is 5.54.